The SMILES string of the molecule is CCCCCC(C)(C#N)Nc1ccc(Cl)c(Br)c1. The maximum atomic E-state index is 9.32. The van der Waals surface area contributed by atoms with E-state index in [9.17, 15) is 5.26 Å². The number of hydrogen-bond donors (Lipinski definition) is 1. The second-order valence-corrected chi connectivity index (χ2v) is 5.92. The summed E-state index contributed by atoms with van der Waals surface area (Å²) in [7, 11) is 0. The third-order valence-corrected chi connectivity index (χ3v) is 4.08. The van der Waals surface area contributed by atoms with Gasteiger partial charge in [0.2, 0.25) is 0 Å². The molecule has 1 atom stereocenters. The van der Waals surface area contributed by atoms with Crippen LogP contribution < -0.4 is 5.32 Å². The highest BCUT2D eigenvalue weighted by Gasteiger charge is 2.22. The second-order valence-electron chi connectivity index (χ2n) is 4.65. The van der Waals surface area contributed by atoms with Gasteiger partial charge in [-0.1, -0.05) is 37.8 Å². The standard InChI is InChI=1S/C14H18BrClN2/c1-3-4-5-8-14(2,10-17)18-11-6-7-13(16)12(15)9-11/h6-7,9,18H,3-5,8H2,1-2H3. The number of benzene rings is 1. The predicted octanol–water partition coefficient (Wildman–Crippen LogP) is 5.38. The van der Waals surface area contributed by atoms with E-state index in [4.69, 9.17) is 11.6 Å². The molecule has 0 radical (unpaired) electrons. The number of hydrogen-bond acceptors (Lipinski definition) is 2. The van der Waals surface area contributed by atoms with Crippen LogP contribution in [0.5, 0.6) is 0 Å². The van der Waals surface area contributed by atoms with Crippen LogP contribution in [-0.4, -0.2) is 5.54 Å². The van der Waals surface area contributed by atoms with Crippen LogP contribution in [0.2, 0.25) is 5.02 Å². The number of unbranched alkanes of at least 4 members (excludes halogenated alkanes) is 2. The molecule has 0 amide bonds. The van der Waals surface area contributed by atoms with Gasteiger partial charge in [-0.2, -0.15) is 5.26 Å². The Morgan fingerprint density at radius 1 is 1.44 bits per heavy atom. The Morgan fingerprint density at radius 3 is 2.72 bits per heavy atom. The minimum Gasteiger partial charge on any atom is -0.368 e. The van der Waals surface area contributed by atoms with E-state index in [1.165, 1.54) is 0 Å². The molecule has 0 spiro atoms. The first-order chi connectivity index (χ1) is 8.50. The van der Waals surface area contributed by atoms with Gasteiger partial charge in [0.25, 0.3) is 0 Å². The molecule has 0 bridgehead atoms. The second kappa shape index (κ2) is 7.01. The lowest BCUT2D eigenvalue weighted by molar-refractivity contribution is 0.538. The summed E-state index contributed by atoms with van der Waals surface area (Å²) in [4.78, 5) is 0. The van der Waals surface area contributed by atoms with Crippen LogP contribution in [0.3, 0.4) is 0 Å². The number of nitrogens with one attached hydrogen (secondary N) is 1. The number of nitriles is 1. The van der Waals surface area contributed by atoms with Gasteiger partial charge in [0, 0.05) is 10.2 Å². The molecule has 0 fully saturated rings. The third kappa shape index (κ3) is 4.51. The average Bonchev–Trinajstić information content (AvgIpc) is 2.34. The Bertz CT molecular complexity index is 442. The minimum absolute atomic E-state index is 0.525. The summed E-state index contributed by atoms with van der Waals surface area (Å²) in [5.74, 6) is 0. The Kier molecular flexibility index (Phi) is 5.98. The van der Waals surface area contributed by atoms with E-state index in [-0.39, 0.29) is 0 Å². The Morgan fingerprint density at radius 2 is 2.17 bits per heavy atom. The van der Waals surface area contributed by atoms with E-state index in [1.54, 1.807) is 0 Å². The molecule has 0 saturated heterocycles. The van der Waals surface area contributed by atoms with Crippen molar-refractivity contribution in [1.29, 1.82) is 5.26 Å². The van der Waals surface area contributed by atoms with Gasteiger partial charge in [0.15, 0.2) is 0 Å². The zero-order valence-electron chi connectivity index (χ0n) is 10.8. The van der Waals surface area contributed by atoms with Gasteiger partial charge in [-0.25, -0.2) is 0 Å². The molecule has 0 aliphatic heterocycles. The predicted molar refractivity (Wildman–Crippen MR) is 80.9 cm³/mol. The highest BCUT2D eigenvalue weighted by molar-refractivity contribution is 9.10. The largest absolute Gasteiger partial charge is 0.368 e. The molecule has 18 heavy (non-hydrogen) atoms. The highest BCUT2D eigenvalue weighted by Crippen LogP contribution is 2.28. The van der Waals surface area contributed by atoms with E-state index < -0.39 is 5.54 Å². The van der Waals surface area contributed by atoms with Gasteiger partial charge in [0.05, 0.1) is 11.1 Å². The van der Waals surface area contributed by atoms with Gasteiger partial charge in [-0.15, -0.1) is 0 Å². The molecule has 1 aromatic carbocycles. The molecule has 1 aromatic rings. The Hall–Kier alpha value is -0.720. The van der Waals surface area contributed by atoms with Crippen molar-refractivity contribution in [1.82, 2.24) is 0 Å². The summed E-state index contributed by atoms with van der Waals surface area (Å²) in [5, 5.41) is 13.3. The monoisotopic (exact) mass is 328 g/mol. The molecule has 0 aromatic heterocycles. The molecule has 0 aliphatic carbocycles. The van der Waals surface area contributed by atoms with Crippen molar-refractivity contribution in [3.63, 3.8) is 0 Å². The fraction of sp³-hybridized carbons (Fsp3) is 0.500. The summed E-state index contributed by atoms with van der Waals surface area (Å²) in [6, 6.07) is 7.97. The van der Waals surface area contributed by atoms with Crippen molar-refractivity contribution in [2.24, 2.45) is 0 Å². The summed E-state index contributed by atoms with van der Waals surface area (Å²) in [5.41, 5.74) is 0.384. The molecule has 1 rings (SSSR count). The van der Waals surface area contributed by atoms with Crippen LogP contribution in [0.15, 0.2) is 22.7 Å². The van der Waals surface area contributed by atoms with Crippen LogP contribution in [0.25, 0.3) is 0 Å². The molecule has 1 N–H and O–H groups in total. The van der Waals surface area contributed by atoms with Gasteiger partial charge >= 0.3 is 0 Å². The zero-order chi connectivity index (χ0) is 13.6. The van der Waals surface area contributed by atoms with Crippen molar-refractivity contribution in [2.45, 2.75) is 45.1 Å². The zero-order valence-corrected chi connectivity index (χ0v) is 13.1. The lowest BCUT2D eigenvalue weighted by Gasteiger charge is -2.24. The first-order valence-electron chi connectivity index (χ1n) is 6.15. The van der Waals surface area contributed by atoms with Crippen molar-refractivity contribution in [2.75, 3.05) is 5.32 Å². The highest BCUT2D eigenvalue weighted by atomic mass is 79.9. The fourth-order valence-electron chi connectivity index (χ4n) is 1.77. The van der Waals surface area contributed by atoms with E-state index >= 15 is 0 Å². The Balaban J connectivity index is 2.72. The van der Waals surface area contributed by atoms with E-state index in [0.717, 1.165) is 35.8 Å². The summed E-state index contributed by atoms with van der Waals surface area (Å²) >= 11 is 9.33. The summed E-state index contributed by atoms with van der Waals surface area (Å²) in [6.45, 7) is 4.10. The Labute approximate surface area is 122 Å². The van der Waals surface area contributed by atoms with Crippen LogP contribution in [0, 0.1) is 11.3 Å². The maximum absolute atomic E-state index is 9.32. The molecule has 4 heteroatoms. The summed E-state index contributed by atoms with van der Waals surface area (Å²) in [6.07, 6.45) is 4.22. The van der Waals surface area contributed by atoms with Crippen LogP contribution >= 0.6 is 27.5 Å². The van der Waals surface area contributed by atoms with E-state index in [1.807, 2.05) is 25.1 Å². The smallest absolute Gasteiger partial charge is 0.122 e. The maximum Gasteiger partial charge on any atom is 0.122 e. The van der Waals surface area contributed by atoms with Gasteiger partial charge < -0.3 is 5.32 Å². The molecule has 1 unspecified atom stereocenters. The molecule has 98 valence electrons. The third-order valence-electron chi connectivity index (χ3n) is 2.87. The number of halogens is 2. The molecule has 0 saturated carbocycles. The molecule has 0 aliphatic rings. The lowest BCUT2D eigenvalue weighted by Crippen LogP contribution is -2.32. The number of nitrogens with zero attached hydrogens (tertiary/aromatic N) is 1. The quantitative estimate of drug-likeness (QED) is 0.711. The van der Waals surface area contributed by atoms with Crippen molar-refractivity contribution < 1.29 is 0 Å². The van der Waals surface area contributed by atoms with Gasteiger partial charge in [-0.3, -0.25) is 0 Å². The van der Waals surface area contributed by atoms with E-state index in [2.05, 4.69) is 34.2 Å². The van der Waals surface area contributed by atoms with Gasteiger partial charge in [0.1, 0.15) is 5.54 Å². The topological polar surface area (TPSA) is 35.8 Å². The lowest BCUT2D eigenvalue weighted by atomic mass is 9.95. The normalized spacial score (nSPS) is 13.7. The van der Waals surface area contributed by atoms with Crippen LogP contribution in [-0.2, 0) is 0 Å². The van der Waals surface area contributed by atoms with Crippen molar-refractivity contribution >= 4 is 33.2 Å². The van der Waals surface area contributed by atoms with Crippen LogP contribution in [0.4, 0.5) is 5.69 Å². The molecular weight excluding hydrogens is 312 g/mol. The molecule has 0 heterocycles. The van der Waals surface area contributed by atoms with Gasteiger partial charge in [-0.05, 0) is 47.5 Å². The minimum atomic E-state index is -0.525. The van der Waals surface area contributed by atoms with Crippen molar-refractivity contribution in [3.05, 3.63) is 27.7 Å². The van der Waals surface area contributed by atoms with Crippen molar-refractivity contribution in [3.8, 4) is 6.07 Å². The average molecular weight is 330 g/mol. The molecular formula is C14H18BrClN2. The molecule has 2 nitrogen and oxygen atoms in total. The van der Waals surface area contributed by atoms with E-state index in [0.29, 0.717) is 5.02 Å². The number of rotatable bonds is 6. The van der Waals surface area contributed by atoms with Crippen LogP contribution in [0.1, 0.15) is 39.5 Å². The fourth-order valence-corrected chi connectivity index (χ4v) is 2.26. The number of anilines is 1. The first-order valence-corrected chi connectivity index (χ1v) is 7.32. The first kappa shape index (κ1) is 15.3. The summed E-state index contributed by atoms with van der Waals surface area (Å²) < 4.78 is 0.836.